The molecule has 0 aromatic heterocycles. The Morgan fingerprint density at radius 2 is 1.85 bits per heavy atom. The van der Waals surface area contributed by atoms with Gasteiger partial charge in [-0.05, 0) is 38.3 Å². The molecule has 5 nitrogen and oxygen atoms in total. The van der Waals surface area contributed by atoms with Gasteiger partial charge in [0.15, 0.2) is 6.10 Å². The molecule has 3 rings (SSSR count). The maximum Gasteiger partial charge on any atom is 0.311 e. The average Bonchev–Trinajstić information content (AvgIpc) is 3.19. The molecule has 148 valence electrons. The summed E-state index contributed by atoms with van der Waals surface area (Å²) >= 11 is 0. The Kier molecular flexibility index (Phi) is 6.89. The highest BCUT2D eigenvalue weighted by Crippen LogP contribution is 2.28. The first kappa shape index (κ1) is 19.9. The number of hydrogen-bond donors (Lipinski definition) is 0. The third-order valence-electron chi connectivity index (χ3n) is 5.92. The lowest BCUT2D eigenvalue weighted by molar-refractivity contribution is -0.161. The largest absolute Gasteiger partial charge is 0.452 e. The summed E-state index contributed by atoms with van der Waals surface area (Å²) in [5.74, 6) is -0.474. The van der Waals surface area contributed by atoms with Crippen LogP contribution in [-0.4, -0.2) is 54.0 Å². The van der Waals surface area contributed by atoms with Crippen LogP contribution >= 0.6 is 0 Å². The summed E-state index contributed by atoms with van der Waals surface area (Å²) in [5, 5.41) is 0. The molecular formula is C22H32N2O3. The highest BCUT2D eigenvalue weighted by Gasteiger charge is 2.35. The fourth-order valence-electron chi connectivity index (χ4n) is 4.32. The molecule has 1 aliphatic carbocycles. The zero-order valence-electron chi connectivity index (χ0n) is 16.6. The van der Waals surface area contributed by atoms with Gasteiger partial charge < -0.3 is 9.64 Å². The molecule has 1 amide bonds. The zero-order chi connectivity index (χ0) is 19.2. The summed E-state index contributed by atoms with van der Waals surface area (Å²) in [4.78, 5) is 29.2. The molecule has 0 bridgehead atoms. The first-order valence-electron chi connectivity index (χ1n) is 10.3. The minimum absolute atomic E-state index is 0.0957. The Labute approximate surface area is 162 Å². The van der Waals surface area contributed by atoms with Crippen molar-refractivity contribution in [1.29, 1.82) is 0 Å². The number of amides is 1. The van der Waals surface area contributed by atoms with Crippen molar-refractivity contribution in [1.82, 2.24) is 9.80 Å². The maximum absolute atomic E-state index is 12.5. The Morgan fingerprint density at radius 3 is 2.56 bits per heavy atom. The van der Waals surface area contributed by atoms with Crippen LogP contribution in [0.1, 0.15) is 51.0 Å². The molecule has 1 aliphatic heterocycles. The van der Waals surface area contributed by atoms with E-state index in [1.165, 1.54) is 32.1 Å². The van der Waals surface area contributed by atoms with Gasteiger partial charge in [-0.15, -0.1) is 0 Å². The molecule has 0 spiro atoms. The van der Waals surface area contributed by atoms with Crippen LogP contribution in [-0.2, 0) is 20.9 Å². The van der Waals surface area contributed by atoms with Crippen LogP contribution in [0, 0.1) is 5.92 Å². The summed E-state index contributed by atoms with van der Waals surface area (Å²) in [6, 6.07) is 10.5. The van der Waals surface area contributed by atoms with Crippen LogP contribution in [0.2, 0.25) is 0 Å². The lowest BCUT2D eigenvalue weighted by Gasteiger charge is -2.31. The van der Waals surface area contributed by atoms with Gasteiger partial charge in [0.25, 0.3) is 5.91 Å². The summed E-state index contributed by atoms with van der Waals surface area (Å²) in [5.41, 5.74) is 1.06. The first-order valence-corrected chi connectivity index (χ1v) is 10.3. The van der Waals surface area contributed by atoms with E-state index in [-0.39, 0.29) is 17.8 Å². The molecule has 0 radical (unpaired) electrons. The van der Waals surface area contributed by atoms with Crippen LogP contribution in [0.4, 0.5) is 0 Å². The fraction of sp³-hybridized carbons (Fsp3) is 0.636. The molecule has 1 saturated carbocycles. The van der Waals surface area contributed by atoms with Gasteiger partial charge >= 0.3 is 5.97 Å². The number of rotatable bonds is 6. The van der Waals surface area contributed by atoms with Crippen molar-refractivity contribution in [2.24, 2.45) is 5.92 Å². The van der Waals surface area contributed by atoms with Crippen LogP contribution < -0.4 is 0 Å². The number of carbonyl (C=O) groups excluding carboxylic acids is 2. The third kappa shape index (κ3) is 5.32. The second kappa shape index (κ2) is 9.36. The van der Waals surface area contributed by atoms with Gasteiger partial charge in [-0.1, -0.05) is 49.6 Å². The van der Waals surface area contributed by atoms with Gasteiger partial charge in [0.1, 0.15) is 0 Å². The van der Waals surface area contributed by atoms with Crippen molar-refractivity contribution in [3.8, 4) is 0 Å². The molecule has 1 saturated heterocycles. The molecule has 27 heavy (non-hydrogen) atoms. The van der Waals surface area contributed by atoms with Crippen LogP contribution in [0.5, 0.6) is 0 Å². The quantitative estimate of drug-likeness (QED) is 0.720. The number of esters is 1. The van der Waals surface area contributed by atoms with E-state index in [9.17, 15) is 9.59 Å². The molecule has 5 heteroatoms. The Balaban J connectivity index is 1.46. The third-order valence-corrected chi connectivity index (χ3v) is 5.92. The molecule has 2 aliphatic rings. The molecule has 0 unspecified atom stereocenters. The van der Waals surface area contributed by atoms with Crippen LogP contribution in [0.25, 0.3) is 0 Å². The topological polar surface area (TPSA) is 49.9 Å². The second-order valence-electron chi connectivity index (χ2n) is 8.03. The lowest BCUT2D eigenvalue weighted by atomic mass is 9.94. The predicted octanol–water partition coefficient (Wildman–Crippen LogP) is 3.23. The van der Waals surface area contributed by atoms with Crippen molar-refractivity contribution < 1.29 is 14.3 Å². The number of carbonyl (C=O) groups is 2. The van der Waals surface area contributed by atoms with Gasteiger partial charge in [0, 0.05) is 26.2 Å². The Bertz CT molecular complexity index is 628. The predicted molar refractivity (Wildman–Crippen MR) is 105 cm³/mol. The normalized spacial score (nSPS) is 22.4. The molecule has 1 aromatic rings. The molecule has 2 fully saturated rings. The highest BCUT2D eigenvalue weighted by molar-refractivity contribution is 5.84. The first-order chi connectivity index (χ1) is 13.0. The lowest BCUT2D eigenvalue weighted by Crippen LogP contribution is -2.39. The number of likely N-dealkylation sites (N-methyl/N-ethyl adjacent to an activating group) is 1. The monoisotopic (exact) mass is 372 g/mol. The number of hydrogen-bond acceptors (Lipinski definition) is 4. The average molecular weight is 373 g/mol. The Hall–Kier alpha value is -1.88. The van der Waals surface area contributed by atoms with E-state index in [0.29, 0.717) is 12.6 Å². The summed E-state index contributed by atoms with van der Waals surface area (Å²) in [7, 11) is 1.75. The van der Waals surface area contributed by atoms with Gasteiger partial charge in [0.2, 0.25) is 0 Å². The maximum atomic E-state index is 12.5. The minimum atomic E-state index is -0.741. The van der Waals surface area contributed by atoms with Crippen molar-refractivity contribution >= 4 is 11.9 Å². The van der Waals surface area contributed by atoms with Gasteiger partial charge in [-0.2, -0.15) is 0 Å². The van der Waals surface area contributed by atoms with E-state index in [1.54, 1.807) is 18.9 Å². The highest BCUT2D eigenvalue weighted by atomic mass is 16.5. The van der Waals surface area contributed by atoms with E-state index < -0.39 is 6.10 Å². The smallest absolute Gasteiger partial charge is 0.311 e. The van der Waals surface area contributed by atoms with Crippen LogP contribution in [0.15, 0.2) is 30.3 Å². The summed E-state index contributed by atoms with van der Waals surface area (Å²) in [6.45, 7) is 3.95. The van der Waals surface area contributed by atoms with E-state index in [4.69, 9.17) is 4.74 Å². The molecule has 1 heterocycles. The van der Waals surface area contributed by atoms with Crippen molar-refractivity contribution in [3.05, 3.63) is 35.9 Å². The van der Waals surface area contributed by atoms with Gasteiger partial charge in [0.05, 0.1) is 5.92 Å². The summed E-state index contributed by atoms with van der Waals surface area (Å²) < 4.78 is 5.53. The van der Waals surface area contributed by atoms with Gasteiger partial charge in [-0.25, -0.2) is 0 Å². The number of benzene rings is 1. The molecule has 2 atom stereocenters. The number of ether oxygens (including phenoxy) is 1. The fourth-order valence-corrected chi connectivity index (χ4v) is 4.32. The van der Waals surface area contributed by atoms with E-state index in [2.05, 4.69) is 4.90 Å². The van der Waals surface area contributed by atoms with E-state index >= 15 is 0 Å². The van der Waals surface area contributed by atoms with E-state index in [1.807, 2.05) is 30.3 Å². The zero-order valence-corrected chi connectivity index (χ0v) is 16.6. The van der Waals surface area contributed by atoms with Gasteiger partial charge in [-0.3, -0.25) is 14.5 Å². The molecular weight excluding hydrogens is 340 g/mol. The van der Waals surface area contributed by atoms with Crippen molar-refractivity contribution in [2.45, 2.75) is 64.1 Å². The SMILES string of the molecule is C[C@H](OC(=O)[C@@H]1CCN(C2CCCCC2)C1)C(=O)N(C)Cc1ccccc1. The number of nitrogens with zero attached hydrogens (tertiary/aromatic N) is 2. The van der Waals surface area contributed by atoms with E-state index in [0.717, 1.165) is 25.1 Å². The molecule has 1 aromatic carbocycles. The standard InChI is InChI=1S/C22H32N2O3/c1-17(21(25)23(2)15-18-9-5-3-6-10-18)27-22(26)19-13-14-24(16-19)20-11-7-4-8-12-20/h3,5-6,9-10,17,19-20H,4,7-8,11-16H2,1-2H3/t17-,19+/m0/s1. The van der Waals surface area contributed by atoms with Crippen LogP contribution in [0.3, 0.4) is 0 Å². The minimum Gasteiger partial charge on any atom is -0.452 e. The Morgan fingerprint density at radius 1 is 1.15 bits per heavy atom. The summed E-state index contributed by atoms with van der Waals surface area (Å²) in [6.07, 6.45) is 6.55. The molecule has 0 N–H and O–H groups in total. The van der Waals surface area contributed by atoms with Crippen molar-refractivity contribution in [2.75, 3.05) is 20.1 Å². The van der Waals surface area contributed by atoms with Crippen molar-refractivity contribution in [3.63, 3.8) is 0 Å². The number of likely N-dealkylation sites (tertiary alicyclic amines) is 1. The second-order valence-corrected chi connectivity index (χ2v) is 8.03.